The molecule has 0 amide bonds. The lowest BCUT2D eigenvalue weighted by Gasteiger charge is -1.92. The Morgan fingerprint density at radius 2 is 1.54 bits per heavy atom. The third kappa shape index (κ3) is 11.8. The SMILES string of the molecule is CC(Cl)C(=O)O.O=C(O)C(Cl)CCl. The molecule has 0 aromatic heterocycles. The second-order valence-corrected chi connectivity index (χ2v) is 3.40. The van der Waals surface area contributed by atoms with E-state index in [4.69, 9.17) is 45.0 Å². The van der Waals surface area contributed by atoms with Crippen molar-refractivity contribution in [2.24, 2.45) is 0 Å². The summed E-state index contributed by atoms with van der Waals surface area (Å²) in [5, 5.41) is 14.1. The van der Waals surface area contributed by atoms with Crippen LogP contribution in [0.1, 0.15) is 6.92 Å². The van der Waals surface area contributed by atoms with Crippen molar-refractivity contribution in [1.82, 2.24) is 0 Å². The van der Waals surface area contributed by atoms with E-state index in [0.29, 0.717) is 0 Å². The third-order valence-electron chi connectivity index (χ3n) is 0.744. The number of alkyl halides is 3. The Labute approximate surface area is 90.4 Å². The summed E-state index contributed by atoms with van der Waals surface area (Å²) in [6.07, 6.45) is 0. The fraction of sp³-hybridized carbons (Fsp3) is 0.667. The van der Waals surface area contributed by atoms with Crippen LogP contribution in [-0.4, -0.2) is 38.8 Å². The average Bonchev–Trinajstić information content (AvgIpc) is 2.03. The van der Waals surface area contributed by atoms with Crippen molar-refractivity contribution < 1.29 is 19.8 Å². The number of halogens is 3. The molecule has 78 valence electrons. The second kappa shape index (κ2) is 8.41. The molecule has 0 aliphatic carbocycles. The Balaban J connectivity index is 0. The smallest absolute Gasteiger partial charge is 0.322 e. The maximum absolute atomic E-state index is 9.71. The fourth-order valence-electron chi connectivity index (χ4n) is 0.0660. The summed E-state index contributed by atoms with van der Waals surface area (Å²) in [5.41, 5.74) is 0. The zero-order valence-corrected chi connectivity index (χ0v) is 8.97. The van der Waals surface area contributed by atoms with Gasteiger partial charge in [0.2, 0.25) is 0 Å². The molecular weight excluding hydrogens is 242 g/mol. The van der Waals surface area contributed by atoms with Crippen molar-refractivity contribution in [3.8, 4) is 0 Å². The molecule has 0 rings (SSSR count). The molecule has 2 atom stereocenters. The van der Waals surface area contributed by atoms with E-state index in [2.05, 4.69) is 0 Å². The Kier molecular flexibility index (Phi) is 9.89. The Morgan fingerprint density at radius 1 is 1.23 bits per heavy atom. The first-order valence-electron chi connectivity index (χ1n) is 3.12. The van der Waals surface area contributed by atoms with Crippen LogP contribution in [0.15, 0.2) is 0 Å². The fourth-order valence-corrected chi connectivity index (χ4v) is 0.198. The predicted octanol–water partition coefficient (Wildman–Crippen LogP) is 1.62. The standard InChI is InChI=1S/C3H4Cl2O2.C3H5ClO2/c4-1-2(5)3(6)7;1-2(4)3(5)6/h2H,1H2,(H,6,7);2H,1H3,(H,5,6). The molecular formula is C6H9Cl3O4. The van der Waals surface area contributed by atoms with E-state index in [9.17, 15) is 9.59 Å². The van der Waals surface area contributed by atoms with Crippen LogP contribution < -0.4 is 0 Å². The monoisotopic (exact) mass is 250 g/mol. The Bertz CT molecular complexity index is 171. The van der Waals surface area contributed by atoms with Crippen molar-refractivity contribution in [3.63, 3.8) is 0 Å². The van der Waals surface area contributed by atoms with E-state index in [1.165, 1.54) is 6.92 Å². The van der Waals surface area contributed by atoms with Crippen LogP contribution in [0.4, 0.5) is 0 Å². The Morgan fingerprint density at radius 3 is 1.54 bits per heavy atom. The molecule has 0 aliphatic heterocycles. The molecule has 0 aromatic rings. The maximum Gasteiger partial charge on any atom is 0.322 e. The lowest BCUT2D eigenvalue weighted by atomic mass is 10.5. The van der Waals surface area contributed by atoms with Crippen LogP contribution in [-0.2, 0) is 9.59 Å². The minimum Gasteiger partial charge on any atom is -0.480 e. The molecule has 0 aliphatic rings. The summed E-state index contributed by atoms with van der Waals surface area (Å²) in [6, 6.07) is 0. The van der Waals surface area contributed by atoms with Crippen molar-refractivity contribution in [2.75, 3.05) is 5.88 Å². The van der Waals surface area contributed by atoms with Crippen LogP contribution in [0.3, 0.4) is 0 Å². The molecule has 0 aromatic carbocycles. The van der Waals surface area contributed by atoms with E-state index >= 15 is 0 Å². The summed E-state index contributed by atoms with van der Waals surface area (Å²) >= 11 is 15.1. The summed E-state index contributed by atoms with van der Waals surface area (Å²) in [5.74, 6) is -2.09. The van der Waals surface area contributed by atoms with Gasteiger partial charge in [-0.15, -0.1) is 34.8 Å². The molecule has 2 N–H and O–H groups in total. The predicted molar refractivity (Wildman–Crippen MR) is 50.9 cm³/mol. The van der Waals surface area contributed by atoms with E-state index in [0.717, 1.165) is 0 Å². The van der Waals surface area contributed by atoms with Gasteiger partial charge in [0, 0.05) is 5.88 Å². The van der Waals surface area contributed by atoms with Gasteiger partial charge < -0.3 is 10.2 Å². The molecule has 4 nitrogen and oxygen atoms in total. The minimum absolute atomic E-state index is 0.0448. The highest BCUT2D eigenvalue weighted by Crippen LogP contribution is 1.96. The van der Waals surface area contributed by atoms with Gasteiger partial charge in [0.25, 0.3) is 0 Å². The Hall–Kier alpha value is -0.190. The van der Waals surface area contributed by atoms with Crippen LogP contribution in [0.25, 0.3) is 0 Å². The number of carbonyl (C=O) groups is 2. The van der Waals surface area contributed by atoms with E-state index in [1.54, 1.807) is 0 Å². The van der Waals surface area contributed by atoms with Crippen LogP contribution >= 0.6 is 34.8 Å². The number of hydrogen-bond acceptors (Lipinski definition) is 2. The van der Waals surface area contributed by atoms with Gasteiger partial charge in [0.15, 0.2) is 0 Å². The maximum atomic E-state index is 9.71. The lowest BCUT2D eigenvalue weighted by molar-refractivity contribution is -0.137. The first-order valence-corrected chi connectivity index (χ1v) is 4.53. The van der Waals surface area contributed by atoms with Crippen molar-refractivity contribution in [1.29, 1.82) is 0 Å². The molecule has 0 radical (unpaired) electrons. The molecule has 13 heavy (non-hydrogen) atoms. The molecule has 0 spiro atoms. The molecule has 0 saturated heterocycles. The van der Waals surface area contributed by atoms with E-state index in [-0.39, 0.29) is 5.88 Å². The highest BCUT2D eigenvalue weighted by Gasteiger charge is 2.09. The molecule has 0 heterocycles. The van der Waals surface area contributed by atoms with Gasteiger partial charge in [-0.25, -0.2) is 0 Å². The van der Waals surface area contributed by atoms with Gasteiger partial charge in [0.05, 0.1) is 0 Å². The van der Waals surface area contributed by atoms with Crippen molar-refractivity contribution in [2.45, 2.75) is 17.7 Å². The van der Waals surface area contributed by atoms with Gasteiger partial charge in [0.1, 0.15) is 10.8 Å². The highest BCUT2D eigenvalue weighted by atomic mass is 35.5. The topological polar surface area (TPSA) is 74.6 Å². The second-order valence-electron chi connectivity index (χ2n) is 1.91. The summed E-state index contributed by atoms with van der Waals surface area (Å²) in [7, 11) is 0. The van der Waals surface area contributed by atoms with Gasteiger partial charge >= 0.3 is 11.9 Å². The lowest BCUT2D eigenvalue weighted by Crippen LogP contribution is -2.13. The summed E-state index contributed by atoms with van der Waals surface area (Å²) < 4.78 is 0. The van der Waals surface area contributed by atoms with Crippen molar-refractivity contribution in [3.05, 3.63) is 0 Å². The van der Waals surface area contributed by atoms with E-state index in [1.807, 2.05) is 0 Å². The third-order valence-corrected chi connectivity index (χ3v) is 1.74. The minimum atomic E-state index is -1.07. The number of carboxylic acid groups (broad SMARTS) is 2. The first kappa shape index (κ1) is 15.3. The highest BCUT2D eigenvalue weighted by molar-refractivity contribution is 6.35. The first-order chi connectivity index (χ1) is 5.82. The number of hydrogen-bond donors (Lipinski definition) is 2. The molecule has 0 saturated carbocycles. The van der Waals surface area contributed by atoms with Crippen LogP contribution in [0, 0.1) is 0 Å². The zero-order chi connectivity index (χ0) is 11.0. The van der Waals surface area contributed by atoms with Crippen LogP contribution in [0.5, 0.6) is 0 Å². The molecule has 0 fully saturated rings. The van der Waals surface area contributed by atoms with Gasteiger partial charge in [-0.05, 0) is 6.92 Å². The summed E-state index contributed by atoms with van der Waals surface area (Å²) in [6.45, 7) is 1.41. The zero-order valence-electron chi connectivity index (χ0n) is 6.71. The van der Waals surface area contributed by atoms with Gasteiger partial charge in [-0.2, -0.15) is 0 Å². The number of aliphatic carboxylic acids is 2. The van der Waals surface area contributed by atoms with E-state index < -0.39 is 22.7 Å². The normalized spacial score (nSPS) is 13.5. The van der Waals surface area contributed by atoms with Gasteiger partial charge in [-0.1, -0.05) is 0 Å². The average molecular weight is 251 g/mol. The van der Waals surface area contributed by atoms with Gasteiger partial charge in [-0.3, -0.25) is 9.59 Å². The quantitative estimate of drug-likeness (QED) is 0.747. The molecule has 2 unspecified atom stereocenters. The van der Waals surface area contributed by atoms with Crippen LogP contribution in [0.2, 0.25) is 0 Å². The number of carboxylic acids is 2. The molecule has 7 heteroatoms. The van der Waals surface area contributed by atoms with Crippen molar-refractivity contribution >= 4 is 46.7 Å². The largest absolute Gasteiger partial charge is 0.480 e. The number of rotatable bonds is 3. The molecule has 0 bridgehead atoms. The summed E-state index contributed by atoms with van der Waals surface area (Å²) in [4.78, 5) is 19.3.